The molecule has 1 aliphatic carbocycles. The van der Waals surface area contributed by atoms with Gasteiger partial charge in [-0.3, -0.25) is 4.79 Å². The number of aromatic nitrogens is 2. The highest BCUT2D eigenvalue weighted by molar-refractivity contribution is 5.97. The summed E-state index contributed by atoms with van der Waals surface area (Å²) in [5, 5.41) is 0. The number of carbonyl (C=O) groups is 1. The monoisotopic (exact) mass is 325 g/mol. The van der Waals surface area contributed by atoms with E-state index in [9.17, 15) is 4.79 Å². The number of aryl methyl sites for hydroxylation is 2. The standard InChI is InChI=1S/C19H23N3O2/c1-12-13(2)21-18-9-15(3-6-17(18)20-12)19(23)22(16-4-5-16)10-14-7-8-24-11-14/h3,6,9,14,16H,4-5,7-8,10-11H2,1-2H3/t14-/m0/s1. The fraction of sp³-hybridized carbons (Fsp3) is 0.526. The van der Waals surface area contributed by atoms with Crippen molar-refractivity contribution in [2.24, 2.45) is 5.92 Å². The molecule has 1 aromatic carbocycles. The number of hydrogen-bond donors (Lipinski definition) is 0. The topological polar surface area (TPSA) is 55.3 Å². The van der Waals surface area contributed by atoms with Crippen LogP contribution in [0.3, 0.4) is 0 Å². The molecule has 0 unspecified atom stereocenters. The molecule has 1 aliphatic heterocycles. The third kappa shape index (κ3) is 3.00. The lowest BCUT2D eigenvalue weighted by atomic mass is 10.1. The molecule has 1 amide bonds. The summed E-state index contributed by atoms with van der Waals surface area (Å²) in [4.78, 5) is 24.2. The van der Waals surface area contributed by atoms with E-state index < -0.39 is 0 Å². The summed E-state index contributed by atoms with van der Waals surface area (Å²) in [5.41, 5.74) is 4.20. The van der Waals surface area contributed by atoms with E-state index in [0.717, 1.165) is 61.4 Å². The first kappa shape index (κ1) is 15.5. The second-order valence-corrected chi connectivity index (χ2v) is 7.02. The smallest absolute Gasteiger partial charge is 0.254 e. The average Bonchev–Trinajstić information content (AvgIpc) is 3.29. The van der Waals surface area contributed by atoms with Gasteiger partial charge in [0.1, 0.15) is 0 Å². The first-order chi connectivity index (χ1) is 11.6. The first-order valence-corrected chi connectivity index (χ1v) is 8.75. The molecule has 2 heterocycles. The van der Waals surface area contributed by atoms with E-state index in [0.29, 0.717) is 17.5 Å². The maximum Gasteiger partial charge on any atom is 0.254 e. The van der Waals surface area contributed by atoms with E-state index in [-0.39, 0.29) is 5.91 Å². The van der Waals surface area contributed by atoms with Gasteiger partial charge in [-0.15, -0.1) is 0 Å². The van der Waals surface area contributed by atoms with Gasteiger partial charge < -0.3 is 9.64 Å². The molecule has 5 heteroatoms. The second-order valence-electron chi connectivity index (χ2n) is 7.02. The van der Waals surface area contributed by atoms with Crippen LogP contribution in [-0.2, 0) is 4.74 Å². The molecule has 2 aromatic rings. The van der Waals surface area contributed by atoms with Crippen LogP contribution in [0.4, 0.5) is 0 Å². The lowest BCUT2D eigenvalue weighted by molar-refractivity contribution is 0.0706. The lowest BCUT2D eigenvalue weighted by Gasteiger charge is -2.25. The van der Waals surface area contributed by atoms with E-state index in [1.165, 1.54) is 0 Å². The summed E-state index contributed by atoms with van der Waals surface area (Å²) in [6.07, 6.45) is 3.29. The van der Waals surface area contributed by atoms with E-state index in [1.807, 2.05) is 32.0 Å². The molecule has 5 nitrogen and oxygen atoms in total. The van der Waals surface area contributed by atoms with E-state index >= 15 is 0 Å². The van der Waals surface area contributed by atoms with Crippen molar-refractivity contribution in [3.05, 3.63) is 35.2 Å². The normalized spacial score (nSPS) is 20.5. The largest absolute Gasteiger partial charge is 0.381 e. The molecule has 126 valence electrons. The zero-order valence-electron chi connectivity index (χ0n) is 14.3. The highest BCUT2D eigenvalue weighted by atomic mass is 16.5. The van der Waals surface area contributed by atoms with Crippen molar-refractivity contribution in [3.8, 4) is 0 Å². The van der Waals surface area contributed by atoms with Gasteiger partial charge in [-0.25, -0.2) is 9.97 Å². The van der Waals surface area contributed by atoms with Crippen molar-refractivity contribution in [1.29, 1.82) is 0 Å². The van der Waals surface area contributed by atoms with Crippen LogP contribution in [0.1, 0.15) is 41.0 Å². The van der Waals surface area contributed by atoms with Crippen molar-refractivity contribution in [2.45, 2.75) is 39.2 Å². The summed E-state index contributed by atoms with van der Waals surface area (Å²) in [7, 11) is 0. The highest BCUT2D eigenvalue weighted by Gasteiger charge is 2.35. The van der Waals surface area contributed by atoms with Crippen LogP contribution in [0.25, 0.3) is 11.0 Å². The highest BCUT2D eigenvalue weighted by Crippen LogP contribution is 2.30. The van der Waals surface area contributed by atoms with Gasteiger partial charge in [0.15, 0.2) is 0 Å². The van der Waals surface area contributed by atoms with Gasteiger partial charge in [0.05, 0.1) is 29.0 Å². The molecular weight excluding hydrogens is 302 g/mol. The van der Waals surface area contributed by atoms with Gasteiger partial charge in [-0.2, -0.15) is 0 Å². The molecule has 2 aliphatic rings. The molecule has 2 fully saturated rings. The number of benzene rings is 1. The number of carbonyl (C=O) groups excluding carboxylic acids is 1. The summed E-state index contributed by atoms with van der Waals surface area (Å²) in [6, 6.07) is 6.08. The number of rotatable bonds is 4. The molecule has 1 saturated carbocycles. The second kappa shape index (κ2) is 6.13. The molecule has 24 heavy (non-hydrogen) atoms. The Balaban J connectivity index is 1.61. The molecule has 1 aromatic heterocycles. The Morgan fingerprint density at radius 3 is 2.58 bits per heavy atom. The minimum atomic E-state index is 0.117. The SMILES string of the molecule is Cc1nc2ccc(C(=O)N(C[C@@H]3CCOC3)C3CC3)cc2nc1C. The molecule has 4 rings (SSSR count). The maximum atomic E-state index is 13.0. The number of hydrogen-bond acceptors (Lipinski definition) is 4. The minimum Gasteiger partial charge on any atom is -0.381 e. The predicted molar refractivity (Wildman–Crippen MR) is 92.0 cm³/mol. The van der Waals surface area contributed by atoms with Gasteiger partial charge in [0, 0.05) is 30.7 Å². The molecule has 0 bridgehead atoms. The van der Waals surface area contributed by atoms with Crippen molar-refractivity contribution >= 4 is 16.9 Å². The van der Waals surface area contributed by atoms with Crippen LogP contribution < -0.4 is 0 Å². The summed E-state index contributed by atoms with van der Waals surface area (Å²) < 4.78 is 5.47. The molecule has 0 spiro atoms. The van der Waals surface area contributed by atoms with Crippen molar-refractivity contribution < 1.29 is 9.53 Å². The van der Waals surface area contributed by atoms with Crippen LogP contribution in [0.5, 0.6) is 0 Å². The third-order valence-corrected chi connectivity index (χ3v) is 5.05. The van der Waals surface area contributed by atoms with E-state index in [1.54, 1.807) is 0 Å². The zero-order valence-corrected chi connectivity index (χ0v) is 14.3. The summed E-state index contributed by atoms with van der Waals surface area (Å²) in [5.74, 6) is 0.589. The fourth-order valence-corrected chi connectivity index (χ4v) is 3.32. The Bertz CT molecular complexity index is 780. The van der Waals surface area contributed by atoms with E-state index in [4.69, 9.17) is 4.74 Å². The molecule has 0 N–H and O–H groups in total. The zero-order chi connectivity index (χ0) is 16.7. The van der Waals surface area contributed by atoms with Crippen molar-refractivity contribution in [2.75, 3.05) is 19.8 Å². The van der Waals surface area contributed by atoms with Crippen LogP contribution in [0.2, 0.25) is 0 Å². The number of amides is 1. The predicted octanol–water partition coefficient (Wildman–Crippen LogP) is 2.89. The van der Waals surface area contributed by atoms with Gasteiger partial charge in [-0.05, 0) is 51.3 Å². The Kier molecular flexibility index (Phi) is 3.96. The van der Waals surface area contributed by atoms with Crippen LogP contribution in [-0.4, -0.2) is 46.6 Å². The van der Waals surface area contributed by atoms with Crippen molar-refractivity contribution in [1.82, 2.24) is 14.9 Å². The molecular formula is C19H23N3O2. The number of fused-ring (bicyclic) bond motifs is 1. The summed E-state index contributed by atoms with van der Waals surface area (Å²) in [6.45, 7) is 6.31. The summed E-state index contributed by atoms with van der Waals surface area (Å²) >= 11 is 0. The van der Waals surface area contributed by atoms with Crippen LogP contribution in [0, 0.1) is 19.8 Å². The van der Waals surface area contributed by atoms with Crippen molar-refractivity contribution in [3.63, 3.8) is 0 Å². The average molecular weight is 325 g/mol. The Morgan fingerprint density at radius 1 is 1.17 bits per heavy atom. The maximum absolute atomic E-state index is 13.0. The van der Waals surface area contributed by atoms with Gasteiger partial charge in [-0.1, -0.05) is 0 Å². The van der Waals surface area contributed by atoms with E-state index in [2.05, 4.69) is 14.9 Å². The van der Waals surface area contributed by atoms with Gasteiger partial charge in [0.25, 0.3) is 5.91 Å². The third-order valence-electron chi connectivity index (χ3n) is 5.05. The Hall–Kier alpha value is -2.01. The molecule has 1 saturated heterocycles. The Morgan fingerprint density at radius 2 is 1.92 bits per heavy atom. The van der Waals surface area contributed by atoms with Gasteiger partial charge >= 0.3 is 0 Å². The Labute approximate surface area is 142 Å². The number of ether oxygens (including phenoxy) is 1. The fourth-order valence-electron chi connectivity index (χ4n) is 3.32. The van der Waals surface area contributed by atoms with Gasteiger partial charge in [0.2, 0.25) is 0 Å². The first-order valence-electron chi connectivity index (χ1n) is 8.75. The van der Waals surface area contributed by atoms with Crippen LogP contribution >= 0.6 is 0 Å². The number of nitrogens with zero attached hydrogens (tertiary/aromatic N) is 3. The quantitative estimate of drug-likeness (QED) is 0.867. The lowest BCUT2D eigenvalue weighted by Crippen LogP contribution is -2.37. The minimum absolute atomic E-state index is 0.117. The molecule has 0 radical (unpaired) electrons. The molecule has 1 atom stereocenters. The van der Waals surface area contributed by atoms with Crippen LogP contribution in [0.15, 0.2) is 18.2 Å².